The number of hydrogen-bond acceptors (Lipinski definition) is 2. The first-order chi connectivity index (χ1) is 8.21. The van der Waals surface area contributed by atoms with Crippen molar-refractivity contribution >= 4 is 5.78 Å². The van der Waals surface area contributed by atoms with E-state index in [2.05, 4.69) is 0 Å². The van der Waals surface area contributed by atoms with Crippen LogP contribution in [0.3, 0.4) is 0 Å². The molecule has 0 fully saturated rings. The molecule has 18 heavy (non-hydrogen) atoms. The lowest BCUT2D eigenvalue weighted by molar-refractivity contribution is -0.0885. The maximum atomic E-state index is 12.3. The summed E-state index contributed by atoms with van der Waals surface area (Å²) in [6.07, 6.45) is -4.84. The van der Waals surface area contributed by atoms with E-state index in [1.54, 1.807) is 0 Å². The van der Waals surface area contributed by atoms with E-state index >= 15 is 0 Å². The van der Waals surface area contributed by atoms with Crippen molar-refractivity contribution in [3.05, 3.63) is 29.3 Å². The first-order valence-corrected chi connectivity index (χ1v) is 5.56. The van der Waals surface area contributed by atoms with Crippen LogP contribution in [0, 0.1) is 12.8 Å². The van der Waals surface area contributed by atoms with Gasteiger partial charge in [-0.1, -0.05) is 13.8 Å². The molecule has 0 heterocycles. The number of carbonyl (C=O) groups excluding carboxylic acids is 1. The van der Waals surface area contributed by atoms with E-state index in [1.807, 2.05) is 13.8 Å². The fraction of sp³-hybridized carbons (Fsp3) is 0.462. The van der Waals surface area contributed by atoms with Crippen LogP contribution in [-0.4, -0.2) is 18.6 Å². The summed E-state index contributed by atoms with van der Waals surface area (Å²) in [4.78, 5) is 11.1. The lowest BCUT2D eigenvalue weighted by Crippen LogP contribution is -2.23. The number of ether oxygens (including phenoxy) is 1. The molecule has 0 spiro atoms. The number of halogens is 3. The summed E-state index contributed by atoms with van der Waals surface area (Å²) in [5.41, 5.74) is -0.0713. The highest BCUT2D eigenvalue weighted by molar-refractivity contribution is 6.01. The number of alkyl halides is 3. The molecular weight excluding hydrogens is 245 g/mol. The van der Waals surface area contributed by atoms with Gasteiger partial charge in [-0.05, 0) is 36.6 Å². The molecule has 0 unspecified atom stereocenters. The molecule has 0 atom stereocenters. The van der Waals surface area contributed by atoms with Gasteiger partial charge in [0.05, 0.1) is 6.61 Å². The van der Waals surface area contributed by atoms with Gasteiger partial charge in [0.25, 0.3) is 5.78 Å². The molecule has 0 radical (unpaired) electrons. The van der Waals surface area contributed by atoms with Gasteiger partial charge in [-0.15, -0.1) is 0 Å². The molecule has 0 aliphatic heterocycles. The zero-order chi connectivity index (χ0) is 13.9. The van der Waals surface area contributed by atoms with Crippen molar-refractivity contribution in [2.45, 2.75) is 26.9 Å². The van der Waals surface area contributed by atoms with Crippen molar-refractivity contribution < 1.29 is 22.7 Å². The second-order valence-corrected chi connectivity index (χ2v) is 4.51. The molecule has 1 aromatic rings. The summed E-state index contributed by atoms with van der Waals surface area (Å²) in [5, 5.41) is 0. The highest BCUT2D eigenvalue weighted by atomic mass is 19.4. The Kier molecular flexibility index (Phi) is 4.38. The van der Waals surface area contributed by atoms with Gasteiger partial charge in [-0.25, -0.2) is 0 Å². The van der Waals surface area contributed by atoms with Crippen LogP contribution < -0.4 is 4.74 Å². The van der Waals surface area contributed by atoms with Gasteiger partial charge in [0.15, 0.2) is 0 Å². The number of hydrogen-bond donors (Lipinski definition) is 0. The van der Waals surface area contributed by atoms with E-state index in [0.717, 1.165) is 6.07 Å². The fourth-order valence-electron chi connectivity index (χ4n) is 1.40. The monoisotopic (exact) mass is 260 g/mol. The average molecular weight is 260 g/mol. The van der Waals surface area contributed by atoms with Crippen molar-refractivity contribution in [2.24, 2.45) is 5.92 Å². The Hall–Kier alpha value is -1.52. The van der Waals surface area contributed by atoms with Gasteiger partial charge in [0.1, 0.15) is 5.75 Å². The molecule has 100 valence electrons. The quantitative estimate of drug-likeness (QED) is 0.770. The lowest BCUT2D eigenvalue weighted by atomic mass is 10.0. The van der Waals surface area contributed by atoms with Gasteiger partial charge < -0.3 is 4.74 Å². The largest absolute Gasteiger partial charge is 0.493 e. The molecular formula is C13H15F3O2. The number of carbonyl (C=O) groups is 1. The van der Waals surface area contributed by atoms with E-state index in [0.29, 0.717) is 18.3 Å². The summed E-state index contributed by atoms with van der Waals surface area (Å²) in [5.74, 6) is -1.03. The van der Waals surface area contributed by atoms with E-state index in [1.165, 1.54) is 19.1 Å². The minimum atomic E-state index is -4.84. The first kappa shape index (κ1) is 14.5. The summed E-state index contributed by atoms with van der Waals surface area (Å²) in [7, 11) is 0. The Balaban J connectivity index is 2.90. The van der Waals surface area contributed by atoms with Gasteiger partial charge in [-0.3, -0.25) is 4.79 Å². The number of Topliss-reactive ketones (excluding diaryl/α,β-unsaturated/α-hetero) is 1. The van der Waals surface area contributed by atoms with Crippen LogP contribution in [0.1, 0.15) is 29.8 Å². The maximum absolute atomic E-state index is 12.3. The number of rotatable bonds is 4. The topological polar surface area (TPSA) is 26.3 Å². The minimum absolute atomic E-state index is 0.263. The Morgan fingerprint density at radius 3 is 2.39 bits per heavy atom. The lowest BCUT2D eigenvalue weighted by Gasteiger charge is -2.12. The second-order valence-electron chi connectivity index (χ2n) is 4.51. The third-order valence-electron chi connectivity index (χ3n) is 2.28. The van der Waals surface area contributed by atoms with Crippen molar-refractivity contribution in [1.82, 2.24) is 0 Å². The first-order valence-electron chi connectivity index (χ1n) is 5.56. The summed E-state index contributed by atoms with van der Waals surface area (Å²) < 4.78 is 42.2. The van der Waals surface area contributed by atoms with Crippen LogP contribution in [0.4, 0.5) is 13.2 Å². The molecule has 0 saturated carbocycles. The highest BCUT2D eigenvalue weighted by Crippen LogP contribution is 2.25. The van der Waals surface area contributed by atoms with Crippen molar-refractivity contribution in [2.75, 3.05) is 6.61 Å². The van der Waals surface area contributed by atoms with Crippen LogP contribution in [-0.2, 0) is 0 Å². The molecule has 2 nitrogen and oxygen atoms in total. The molecule has 0 bridgehead atoms. The van der Waals surface area contributed by atoms with E-state index in [4.69, 9.17) is 4.74 Å². The molecule has 5 heteroatoms. The Morgan fingerprint density at radius 1 is 1.33 bits per heavy atom. The van der Waals surface area contributed by atoms with Crippen molar-refractivity contribution in [3.63, 3.8) is 0 Å². The minimum Gasteiger partial charge on any atom is -0.493 e. The van der Waals surface area contributed by atoms with Gasteiger partial charge in [0.2, 0.25) is 0 Å². The smallest absolute Gasteiger partial charge is 0.454 e. The number of benzene rings is 1. The zero-order valence-corrected chi connectivity index (χ0v) is 10.5. The Labute approximate surface area is 104 Å². The third kappa shape index (κ3) is 3.75. The molecule has 0 saturated heterocycles. The van der Waals surface area contributed by atoms with Crippen LogP contribution in [0.2, 0.25) is 0 Å². The zero-order valence-electron chi connectivity index (χ0n) is 10.5. The van der Waals surface area contributed by atoms with Crippen LogP contribution in [0.15, 0.2) is 18.2 Å². The van der Waals surface area contributed by atoms with E-state index in [-0.39, 0.29) is 11.1 Å². The third-order valence-corrected chi connectivity index (χ3v) is 2.28. The molecule has 1 rings (SSSR count). The maximum Gasteiger partial charge on any atom is 0.454 e. The van der Waals surface area contributed by atoms with Crippen LogP contribution >= 0.6 is 0 Å². The normalized spacial score (nSPS) is 11.7. The predicted molar refractivity (Wildman–Crippen MR) is 61.9 cm³/mol. The standard InChI is InChI=1S/C13H15F3O2/c1-8(2)7-18-10-4-5-11(9(3)6-10)12(17)13(14,15)16/h4-6,8H,7H2,1-3H3. The molecule has 0 aliphatic rings. The number of aryl methyl sites for hydroxylation is 1. The van der Waals surface area contributed by atoms with Crippen molar-refractivity contribution in [1.29, 1.82) is 0 Å². The fourth-order valence-corrected chi connectivity index (χ4v) is 1.40. The summed E-state index contributed by atoms with van der Waals surface area (Å²) >= 11 is 0. The molecule has 0 N–H and O–H groups in total. The van der Waals surface area contributed by atoms with Gasteiger partial charge >= 0.3 is 6.18 Å². The van der Waals surface area contributed by atoms with E-state index < -0.39 is 12.0 Å². The molecule has 0 amide bonds. The Bertz CT molecular complexity index is 436. The second kappa shape index (κ2) is 5.42. The van der Waals surface area contributed by atoms with Crippen LogP contribution in [0.25, 0.3) is 0 Å². The van der Waals surface area contributed by atoms with E-state index in [9.17, 15) is 18.0 Å². The molecule has 0 aromatic heterocycles. The molecule has 0 aliphatic carbocycles. The average Bonchev–Trinajstić information content (AvgIpc) is 2.24. The van der Waals surface area contributed by atoms with Crippen molar-refractivity contribution in [3.8, 4) is 5.75 Å². The van der Waals surface area contributed by atoms with Gasteiger partial charge in [-0.2, -0.15) is 13.2 Å². The van der Waals surface area contributed by atoms with Crippen LogP contribution in [0.5, 0.6) is 5.75 Å². The predicted octanol–water partition coefficient (Wildman–Crippen LogP) is 3.77. The summed E-state index contributed by atoms with van der Waals surface area (Å²) in [6, 6.07) is 3.98. The highest BCUT2D eigenvalue weighted by Gasteiger charge is 2.39. The summed E-state index contributed by atoms with van der Waals surface area (Å²) in [6.45, 7) is 5.87. The Morgan fingerprint density at radius 2 is 1.94 bits per heavy atom. The molecule has 1 aromatic carbocycles. The SMILES string of the molecule is Cc1cc(OCC(C)C)ccc1C(=O)C(F)(F)F. The van der Waals surface area contributed by atoms with Gasteiger partial charge in [0, 0.05) is 5.56 Å². The number of ketones is 1.